The van der Waals surface area contributed by atoms with Crippen molar-refractivity contribution in [3.05, 3.63) is 36.5 Å². The van der Waals surface area contributed by atoms with Crippen molar-refractivity contribution in [3.63, 3.8) is 0 Å². The predicted octanol–water partition coefficient (Wildman–Crippen LogP) is 4.76. The van der Waals surface area contributed by atoms with Crippen molar-refractivity contribution in [3.8, 4) is 0 Å². The van der Waals surface area contributed by atoms with Crippen molar-refractivity contribution in [2.45, 2.75) is 51.0 Å². The lowest BCUT2D eigenvalue weighted by Gasteiger charge is -2.22. The lowest BCUT2D eigenvalue weighted by atomic mass is 9.96. The average Bonchev–Trinajstić information content (AvgIpc) is 2.41. The van der Waals surface area contributed by atoms with E-state index in [1.54, 1.807) is 0 Å². The minimum Gasteiger partial charge on any atom is -0.381 e. The molecular weight excluding hydrogens is 232 g/mol. The number of para-hydroxylation sites is 1. The van der Waals surface area contributed by atoms with Crippen molar-refractivity contribution in [1.29, 1.82) is 0 Å². The van der Waals surface area contributed by atoms with Gasteiger partial charge >= 0.3 is 0 Å². The first kappa shape index (κ1) is 12.5. The smallest absolute Gasteiger partial charge is 0.0703 e. The molecule has 3 rings (SSSR count). The highest BCUT2D eigenvalue weighted by Crippen LogP contribution is 2.22. The summed E-state index contributed by atoms with van der Waals surface area (Å²) in [7, 11) is 0. The fourth-order valence-corrected chi connectivity index (χ4v) is 2.99. The van der Waals surface area contributed by atoms with E-state index in [-0.39, 0.29) is 0 Å². The van der Waals surface area contributed by atoms with Crippen LogP contribution in [0.1, 0.15) is 44.9 Å². The number of rotatable bonds is 2. The largest absolute Gasteiger partial charge is 0.381 e. The third kappa shape index (κ3) is 3.25. The maximum Gasteiger partial charge on any atom is 0.0703 e. The molecule has 1 aromatic heterocycles. The average molecular weight is 254 g/mol. The molecule has 0 aliphatic heterocycles. The number of benzene rings is 1. The summed E-state index contributed by atoms with van der Waals surface area (Å²) in [6, 6.07) is 11.2. The van der Waals surface area contributed by atoms with Crippen LogP contribution in [0.15, 0.2) is 36.5 Å². The topological polar surface area (TPSA) is 24.9 Å². The van der Waals surface area contributed by atoms with Crippen LogP contribution in [0, 0.1) is 0 Å². The Morgan fingerprint density at radius 2 is 1.68 bits per heavy atom. The Bertz CT molecular complexity index is 528. The Morgan fingerprint density at radius 3 is 2.53 bits per heavy atom. The zero-order valence-corrected chi connectivity index (χ0v) is 11.4. The van der Waals surface area contributed by atoms with Crippen LogP contribution in [-0.2, 0) is 0 Å². The molecular formula is C17H22N2. The van der Waals surface area contributed by atoms with Crippen LogP contribution in [0.4, 0.5) is 5.69 Å². The van der Waals surface area contributed by atoms with Gasteiger partial charge in [0.15, 0.2) is 0 Å². The molecule has 0 saturated heterocycles. The van der Waals surface area contributed by atoms with Crippen LogP contribution in [0.2, 0.25) is 0 Å². The first-order chi connectivity index (χ1) is 9.42. The first-order valence-corrected chi connectivity index (χ1v) is 7.53. The minimum atomic E-state index is 0.628. The van der Waals surface area contributed by atoms with Gasteiger partial charge in [-0.15, -0.1) is 0 Å². The van der Waals surface area contributed by atoms with E-state index in [1.165, 1.54) is 56.0 Å². The Morgan fingerprint density at radius 1 is 0.947 bits per heavy atom. The second kappa shape index (κ2) is 6.05. The highest BCUT2D eigenvalue weighted by atomic mass is 14.9. The van der Waals surface area contributed by atoms with E-state index >= 15 is 0 Å². The molecule has 0 spiro atoms. The van der Waals surface area contributed by atoms with E-state index in [4.69, 9.17) is 0 Å². The molecule has 0 radical (unpaired) electrons. The van der Waals surface area contributed by atoms with Gasteiger partial charge in [-0.1, -0.05) is 50.3 Å². The molecule has 1 aromatic carbocycles. The molecule has 100 valence electrons. The number of nitrogens with zero attached hydrogens (tertiary/aromatic N) is 1. The van der Waals surface area contributed by atoms with Crippen LogP contribution in [0.3, 0.4) is 0 Å². The maximum absolute atomic E-state index is 4.53. The van der Waals surface area contributed by atoms with E-state index in [1.807, 2.05) is 12.3 Å². The predicted molar refractivity (Wildman–Crippen MR) is 81.5 cm³/mol. The third-order valence-corrected chi connectivity index (χ3v) is 4.07. The van der Waals surface area contributed by atoms with E-state index in [0.29, 0.717) is 6.04 Å². The first-order valence-electron chi connectivity index (χ1n) is 7.53. The lowest BCUT2D eigenvalue weighted by molar-refractivity contribution is 0.471. The standard InChI is InChI=1S/C17H22N2/c1-2-4-9-15(10-5-3-1)19-16-12-14-8-6-7-11-17(14)18-13-16/h6-8,11-13,15,19H,1-5,9-10H2. The number of anilines is 1. The zero-order chi connectivity index (χ0) is 12.9. The van der Waals surface area contributed by atoms with Gasteiger partial charge in [0.05, 0.1) is 17.4 Å². The van der Waals surface area contributed by atoms with Crippen molar-refractivity contribution in [1.82, 2.24) is 4.98 Å². The Hall–Kier alpha value is -1.57. The highest BCUT2D eigenvalue weighted by Gasteiger charge is 2.11. The molecule has 0 amide bonds. The molecule has 2 heteroatoms. The molecule has 1 aliphatic carbocycles. The van der Waals surface area contributed by atoms with Crippen LogP contribution in [0.25, 0.3) is 10.9 Å². The van der Waals surface area contributed by atoms with Gasteiger partial charge in [0.1, 0.15) is 0 Å². The van der Waals surface area contributed by atoms with Crippen LogP contribution < -0.4 is 5.32 Å². The highest BCUT2D eigenvalue weighted by molar-refractivity contribution is 5.81. The number of aromatic nitrogens is 1. The van der Waals surface area contributed by atoms with Gasteiger partial charge in [0.2, 0.25) is 0 Å². The van der Waals surface area contributed by atoms with Crippen LogP contribution >= 0.6 is 0 Å². The monoisotopic (exact) mass is 254 g/mol. The summed E-state index contributed by atoms with van der Waals surface area (Å²) >= 11 is 0. The lowest BCUT2D eigenvalue weighted by Crippen LogP contribution is -2.20. The summed E-state index contributed by atoms with van der Waals surface area (Å²) < 4.78 is 0. The normalized spacial score (nSPS) is 17.9. The molecule has 1 N–H and O–H groups in total. The summed E-state index contributed by atoms with van der Waals surface area (Å²) in [5.74, 6) is 0. The molecule has 0 bridgehead atoms. The van der Waals surface area contributed by atoms with Gasteiger partial charge in [0, 0.05) is 11.4 Å². The van der Waals surface area contributed by atoms with Crippen LogP contribution in [0.5, 0.6) is 0 Å². The summed E-state index contributed by atoms with van der Waals surface area (Å²) in [4.78, 5) is 4.53. The second-order valence-electron chi connectivity index (χ2n) is 5.60. The third-order valence-electron chi connectivity index (χ3n) is 4.07. The molecule has 1 saturated carbocycles. The zero-order valence-electron chi connectivity index (χ0n) is 11.4. The molecule has 0 unspecified atom stereocenters. The fourth-order valence-electron chi connectivity index (χ4n) is 2.99. The Labute approximate surface area is 115 Å². The molecule has 0 atom stereocenters. The summed E-state index contributed by atoms with van der Waals surface area (Å²) in [5, 5.41) is 4.90. The second-order valence-corrected chi connectivity index (χ2v) is 5.60. The van der Waals surface area contributed by atoms with Crippen molar-refractivity contribution in [2.24, 2.45) is 0 Å². The summed E-state index contributed by atoms with van der Waals surface area (Å²) in [6.07, 6.45) is 11.5. The number of hydrogen-bond acceptors (Lipinski definition) is 2. The number of fused-ring (bicyclic) bond motifs is 1. The number of hydrogen-bond donors (Lipinski definition) is 1. The van der Waals surface area contributed by atoms with Gasteiger partial charge in [-0.05, 0) is 25.0 Å². The molecule has 2 aromatic rings. The number of nitrogens with one attached hydrogen (secondary N) is 1. The van der Waals surface area contributed by atoms with Gasteiger partial charge < -0.3 is 5.32 Å². The van der Waals surface area contributed by atoms with Gasteiger partial charge in [0.25, 0.3) is 0 Å². The number of pyridine rings is 1. The van der Waals surface area contributed by atoms with E-state index in [2.05, 4.69) is 34.6 Å². The van der Waals surface area contributed by atoms with Gasteiger partial charge in [-0.3, -0.25) is 4.98 Å². The Balaban J connectivity index is 1.72. The fraction of sp³-hybridized carbons (Fsp3) is 0.471. The Kier molecular flexibility index (Phi) is 3.97. The minimum absolute atomic E-state index is 0.628. The van der Waals surface area contributed by atoms with Crippen molar-refractivity contribution in [2.75, 3.05) is 5.32 Å². The maximum atomic E-state index is 4.53. The van der Waals surface area contributed by atoms with Crippen LogP contribution in [-0.4, -0.2) is 11.0 Å². The SMILES string of the molecule is c1ccc2ncc(NC3CCCCCCC3)cc2c1. The molecule has 1 heterocycles. The van der Waals surface area contributed by atoms with Gasteiger partial charge in [-0.25, -0.2) is 0 Å². The molecule has 1 fully saturated rings. The molecule has 19 heavy (non-hydrogen) atoms. The van der Waals surface area contributed by atoms with E-state index < -0.39 is 0 Å². The molecule has 2 nitrogen and oxygen atoms in total. The van der Waals surface area contributed by atoms with Crippen molar-refractivity contribution < 1.29 is 0 Å². The summed E-state index contributed by atoms with van der Waals surface area (Å²) in [5.41, 5.74) is 2.25. The van der Waals surface area contributed by atoms with E-state index in [9.17, 15) is 0 Å². The van der Waals surface area contributed by atoms with Gasteiger partial charge in [-0.2, -0.15) is 0 Å². The quantitative estimate of drug-likeness (QED) is 0.835. The van der Waals surface area contributed by atoms with E-state index in [0.717, 1.165) is 5.52 Å². The van der Waals surface area contributed by atoms with Crippen molar-refractivity contribution >= 4 is 16.6 Å². The molecule has 1 aliphatic rings. The summed E-state index contributed by atoms with van der Waals surface area (Å²) in [6.45, 7) is 0.